The fourth-order valence-electron chi connectivity index (χ4n) is 3.67. The Morgan fingerprint density at radius 2 is 1.71 bits per heavy atom. The number of carbonyl (C=O) groups excluding carboxylic acids is 1. The molecule has 2 aromatic heterocycles. The van der Waals surface area contributed by atoms with E-state index in [1.54, 1.807) is 41.8 Å². The summed E-state index contributed by atoms with van der Waals surface area (Å²) >= 11 is 7.20. The summed E-state index contributed by atoms with van der Waals surface area (Å²) in [6, 6.07) is 21.9. The summed E-state index contributed by atoms with van der Waals surface area (Å²) in [7, 11) is 0. The first-order valence-electron chi connectivity index (χ1n) is 10.6. The molecular weight excluding hydrogens is 470 g/mol. The van der Waals surface area contributed by atoms with Crippen LogP contribution < -0.4 is 10.9 Å². The van der Waals surface area contributed by atoms with Gasteiger partial charge in [-0.2, -0.15) is 0 Å². The lowest BCUT2D eigenvalue weighted by Crippen LogP contribution is -2.23. The fraction of sp³-hybridized carbons (Fsp3) is 0.120. The average Bonchev–Trinajstić information content (AvgIpc) is 3.25. The Kier molecular flexibility index (Phi) is 5.85. The first-order valence-corrected chi connectivity index (χ1v) is 11.9. The van der Waals surface area contributed by atoms with Gasteiger partial charge in [0.05, 0.1) is 21.8 Å². The topological polar surface area (TPSA) is 81.3 Å². The van der Waals surface area contributed by atoms with Crippen LogP contribution in [0, 0.1) is 6.92 Å². The Bertz CT molecular complexity index is 1580. The smallest absolute Gasteiger partial charge is 0.267 e. The molecule has 9 heteroatoms. The summed E-state index contributed by atoms with van der Waals surface area (Å²) in [5.74, 6) is 0.209. The molecule has 7 nitrogen and oxygen atoms in total. The first kappa shape index (κ1) is 22.2. The second-order valence-corrected chi connectivity index (χ2v) is 9.61. The Morgan fingerprint density at radius 1 is 1.00 bits per heavy atom. The molecule has 0 bridgehead atoms. The van der Waals surface area contributed by atoms with E-state index in [2.05, 4.69) is 15.5 Å². The van der Waals surface area contributed by atoms with Gasteiger partial charge in [-0.15, -0.1) is 10.2 Å². The molecule has 0 aliphatic heterocycles. The third-order valence-electron chi connectivity index (χ3n) is 5.45. The number of fused-ring (bicyclic) bond motifs is 3. The number of aryl methyl sites for hydroxylation is 1. The highest BCUT2D eigenvalue weighted by atomic mass is 35.5. The predicted molar refractivity (Wildman–Crippen MR) is 136 cm³/mol. The third kappa shape index (κ3) is 4.06. The Balaban J connectivity index is 1.57. The van der Waals surface area contributed by atoms with Crippen molar-refractivity contribution in [3.8, 4) is 5.69 Å². The van der Waals surface area contributed by atoms with E-state index >= 15 is 0 Å². The number of halogens is 1. The minimum absolute atomic E-state index is 0.176. The largest absolute Gasteiger partial charge is 0.325 e. The average molecular weight is 490 g/mol. The molecular formula is C25H20ClN5O2S. The lowest BCUT2D eigenvalue weighted by atomic mass is 10.2. The molecule has 1 unspecified atom stereocenters. The molecule has 5 rings (SSSR count). The van der Waals surface area contributed by atoms with Crippen LogP contribution in [0.25, 0.3) is 22.4 Å². The van der Waals surface area contributed by atoms with Gasteiger partial charge in [0.25, 0.3) is 5.56 Å². The highest BCUT2D eigenvalue weighted by Crippen LogP contribution is 2.27. The van der Waals surface area contributed by atoms with Crippen molar-refractivity contribution in [2.24, 2.45) is 0 Å². The number of hydrogen-bond donors (Lipinski definition) is 1. The van der Waals surface area contributed by atoms with Crippen LogP contribution >= 0.6 is 23.4 Å². The highest BCUT2D eigenvalue weighted by Gasteiger charge is 2.22. The number of anilines is 1. The molecule has 3 aromatic carbocycles. The second kappa shape index (κ2) is 8.96. The molecule has 1 atom stereocenters. The minimum Gasteiger partial charge on any atom is -0.325 e. The van der Waals surface area contributed by atoms with E-state index in [4.69, 9.17) is 11.6 Å². The van der Waals surface area contributed by atoms with Gasteiger partial charge in [0, 0.05) is 10.7 Å². The summed E-state index contributed by atoms with van der Waals surface area (Å²) in [5, 5.41) is 12.8. The standard InChI is InChI=1S/C25H20ClN5O2S/c1-15-7-13-19(14-8-15)30-23(33)20-5-3-4-6-21(20)31-24(30)28-29-25(31)34-16(2)22(32)27-18-11-9-17(26)10-12-18/h3-14,16H,1-2H3,(H,27,32). The summed E-state index contributed by atoms with van der Waals surface area (Å²) in [6.07, 6.45) is 0. The van der Waals surface area contributed by atoms with Crippen molar-refractivity contribution in [1.29, 1.82) is 0 Å². The number of thioether (sulfide) groups is 1. The highest BCUT2D eigenvalue weighted by molar-refractivity contribution is 8.00. The van der Waals surface area contributed by atoms with Gasteiger partial charge in [0.2, 0.25) is 11.7 Å². The Labute approximate surface area is 204 Å². The van der Waals surface area contributed by atoms with Gasteiger partial charge < -0.3 is 5.32 Å². The van der Waals surface area contributed by atoms with Crippen molar-refractivity contribution in [2.75, 3.05) is 5.32 Å². The zero-order valence-electron chi connectivity index (χ0n) is 18.4. The van der Waals surface area contributed by atoms with Crippen LogP contribution in [0.1, 0.15) is 12.5 Å². The maximum Gasteiger partial charge on any atom is 0.267 e. The van der Waals surface area contributed by atoms with Crippen LogP contribution in [-0.4, -0.2) is 30.3 Å². The van der Waals surface area contributed by atoms with E-state index in [1.165, 1.54) is 11.8 Å². The van der Waals surface area contributed by atoms with Crippen molar-refractivity contribution in [2.45, 2.75) is 24.3 Å². The third-order valence-corrected chi connectivity index (χ3v) is 6.74. The summed E-state index contributed by atoms with van der Waals surface area (Å²) in [4.78, 5) is 26.2. The molecule has 170 valence electrons. The van der Waals surface area contributed by atoms with Gasteiger partial charge >= 0.3 is 0 Å². The van der Waals surface area contributed by atoms with E-state index in [-0.39, 0.29) is 11.5 Å². The molecule has 0 fully saturated rings. The lowest BCUT2D eigenvalue weighted by Gasteiger charge is -2.13. The van der Waals surface area contributed by atoms with Crippen molar-refractivity contribution in [1.82, 2.24) is 19.2 Å². The molecule has 0 aliphatic carbocycles. The summed E-state index contributed by atoms with van der Waals surface area (Å²) in [5.41, 5.74) is 2.95. The number of nitrogens with zero attached hydrogens (tertiary/aromatic N) is 4. The monoisotopic (exact) mass is 489 g/mol. The first-order chi connectivity index (χ1) is 16.4. The number of amides is 1. The van der Waals surface area contributed by atoms with Crippen molar-refractivity contribution >= 4 is 51.6 Å². The molecule has 34 heavy (non-hydrogen) atoms. The van der Waals surface area contributed by atoms with Gasteiger partial charge in [0.15, 0.2) is 5.16 Å². The number of aromatic nitrogens is 4. The van der Waals surface area contributed by atoms with Gasteiger partial charge in [-0.3, -0.25) is 14.0 Å². The molecule has 1 amide bonds. The predicted octanol–water partition coefficient (Wildman–Crippen LogP) is 5.11. The van der Waals surface area contributed by atoms with E-state index < -0.39 is 5.25 Å². The number of para-hydroxylation sites is 1. The van der Waals surface area contributed by atoms with Crippen LogP contribution in [0.2, 0.25) is 5.02 Å². The van der Waals surface area contributed by atoms with Crippen LogP contribution in [-0.2, 0) is 4.79 Å². The lowest BCUT2D eigenvalue weighted by molar-refractivity contribution is -0.115. The van der Waals surface area contributed by atoms with Crippen LogP contribution in [0.3, 0.4) is 0 Å². The van der Waals surface area contributed by atoms with Gasteiger partial charge in [-0.05, 0) is 62.4 Å². The fourth-order valence-corrected chi connectivity index (χ4v) is 4.65. The number of nitrogens with one attached hydrogen (secondary N) is 1. The summed E-state index contributed by atoms with van der Waals surface area (Å²) in [6.45, 7) is 3.79. The van der Waals surface area contributed by atoms with Crippen LogP contribution in [0.4, 0.5) is 5.69 Å². The van der Waals surface area contributed by atoms with Crippen LogP contribution in [0.5, 0.6) is 0 Å². The SMILES string of the molecule is Cc1ccc(-n2c(=O)c3ccccc3n3c(SC(C)C(=O)Nc4ccc(Cl)cc4)nnc23)cc1. The molecule has 0 saturated carbocycles. The Hall–Kier alpha value is -3.62. The molecule has 0 aliphatic rings. The van der Waals surface area contributed by atoms with E-state index in [0.29, 0.717) is 38.2 Å². The van der Waals surface area contributed by atoms with Crippen molar-refractivity contribution in [3.05, 3.63) is 93.7 Å². The quantitative estimate of drug-likeness (QED) is 0.347. The number of rotatable bonds is 5. The maximum atomic E-state index is 13.4. The summed E-state index contributed by atoms with van der Waals surface area (Å²) < 4.78 is 3.38. The molecule has 2 heterocycles. The molecule has 5 aromatic rings. The van der Waals surface area contributed by atoms with E-state index in [1.807, 2.05) is 53.8 Å². The molecule has 0 saturated heterocycles. The van der Waals surface area contributed by atoms with Gasteiger partial charge in [-0.1, -0.05) is 53.2 Å². The van der Waals surface area contributed by atoms with Crippen molar-refractivity contribution < 1.29 is 4.79 Å². The van der Waals surface area contributed by atoms with E-state index in [0.717, 1.165) is 5.56 Å². The van der Waals surface area contributed by atoms with Crippen LogP contribution in [0.15, 0.2) is 82.7 Å². The van der Waals surface area contributed by atoms with E-state index in [9.17, 15) is 9.59 Å². The number of carbonyl (C=O) groups is 1. The van der Waals surface area contributed by atoms with Gasteiger partial charge in [-0.25, -0.2) is 4.57 Å². The maximum absolute atomic E-state index is 13.4. The normalized spacial score (nSPS) is 12.2. The van der Waals surface area contributed by atoms with Crippen molar-refractivity contribution in [3.63, 3.8) is 0 Å². The Morgan fingerprint density at radius 3 is 2.44 bits per heavy atom. The zero-order valence-corrected chi connectivity index (χ0v) is 20.0. The molecule has 1 N–H and O–H groups in total. The van der Waals surface area contributed by atoms with Gasteiger partial charge in [0.1, 0.15) is 0 Å². The number of hydrogen-bond acceptors (Lipinski definition) is 5. The zero-order chi connectivity index (χ0) is 23.8. The molecule has 0 spiro atoms. The minimum atomic E-state index is -0.471. The number of benzene rings is 3. The second-order valence-electron chi connectivity index (χ2n) is 7.87. The molecule has 0 radical (unpaired) electrons.